The molecule has 0 bridgehead atoms. The van der Waals surface area contributed by atoms with Crippen molar-refractivity contribution in [2.75, 3.05) is 6.54 Å². The van der Waals surface area contributed by atoms with Crippen molar-refractivity contribution >= 4 is 11.9 Å². The lowest BCUT2D eigenvalue weighted by Crippen LogP contribution is -2.26. The largest absolute Gasteiger partial charge is 0.481 e. The van der Waals surface area contributed by atoms with Crippen molar-refractivity contribution in [3.05, 3.63) is 35.4 Å². The molecule has 0 radical (unpaired) electrons. The van der Waals surface area contributed by atoms with Crippen molar-refractivity contribution in [3.8, 4) is 0 Å². The minimum atomic E-state index is -0.780. The van der Waals surface area contributed by atoms with Crippen LogP contribution < -0.4 is 5.32 Å². The third-order valence-electron chi connectivity index (χ3n) is 3.83. The molecule has 1 aromatic rings. The lowest BCUT2D eigenvalue weighted by atomic mass is 10.0. The van der Waals surface area contributed by atoms with E-state index in [9.17, 15) is 9.59 Å². The van der Waals surface area contributed by atoms with Crippen molar-refractivity contribution in [1.29, 1.82) is 0 Å². The van der Waals surface area contributed by atoms with Gasteiger partial charge in [0.15, 0.2) is 0 Å². The normalized spacial score (nSPS) is 20.4. The lowest BCUT2D eigenvalue weighted by molar-refractivity contribution is -0.137. The third-order valence-corrected chi connectivity index (χ3v) is 3.83. The third kappa shape index (κ3) is 3.83. The van der Waals surface area contributed by atoms with Gasteiger partial charge in [0.2, 0.25) is 5.91 Å². The van der Waals surface area contributed by atoms with Gasteiger partial charge in [-0.1, -0.05) is 24.3 Å². The Morgan fingerprint density at radius 2 is 2.05 bits per heavy atom. The number of nitrogens with one attached hydrogen (secondary N) is 1. The summed E-state index contributed by atoms with van der Waals surface area (Å²) in [6.45, 7) is 2.65. The van der Waals surface area contributed by atoms with Crippen LogP contribution in [0.25, 0.3) is 0 Å². The second-order valence-corrected chi connectivity index (χ2v) is 5.45. The van der Waals surface area contributed by atoms with Crippen LogP contribution in [0.15, 0.2) is 24.3 Å². The van der Waals surface area contributed by atoms with Gasteiger partial charge in [-0.15, -0.1) is 0 Å². The van der Waals surface area contributed by atoms with Crippen molar-refractivity contribution < 1.29 is 14.7 Å². The van der Waals surface area contributed by atoms with E-state index in [-0.39, 0.29) is 18.2 Å². The quantitative estimate of drug-likeness (QED) is 0.751. The zero-order valence-corrected chi connectivity index (χ0v) is 11.8. The minimum Gasteiger partial charge on any atom is -0.481 e. The molecule has 0 aliphatic heterocycles. The van der Waals surface area contributed by atoms with Crippen LogP contribution in [0.5, 0.6) is 0 Å². The Kier molecular flexibility index (Phi) is 4.77. The number of hydrogen-bond donors (Lipinski definition) is 2. The lowest BCUT2D eigenvalue weighted by Gasteiger charge is -2.06. The number of aryl methyl sites for hydroxylation is 1. The van der Waals surface area contributed by atoms with Gasteiger partial charge in [0.05, 0.1) is 0 Å². The fourth-order valence-electron chi connectivity index (χ4n) is 2.58. The molecule has 1 fully saturated rings. The number of aliphatic carboxylic acids is 1. The number of carboxylic acids is 1. The second-order valence-electron chi connectivity index (χ2n) is 5.45. The first-order valence-electron chi connectivity index (χ1n) is 7.14. The van der Waals surface area contributed by atoms with E-state index in [4.69, 9.17) is 5.11 Å². The van der Waals surface area contributed by atoms with Crippen molar-refractivity contribution in [2.24, 2.45) is 5.92 Å². The van der Waals surface area contributed by atoms with Crippen LogP contribution in [0.1, 0.15) is 42.7 Å². The molecule has 1 aliphatic rings. The second kappa shape index (κ2) is 6.55. The summed E-state index contributed by atoms with van der Waals surface area (Å²) in [6.07, 6.45) is 2.43. The Balaban J connectivity index is 1.71. The fraction of sp³-hybridized carbons (Fsp3) is 0.500. The Labute approximate surface area is 119 Å². The molecule has 108 valence electrons. The predicted octanol–water partition coefficient (Wildman–Crippen LogP) is 2.47. The van der Waals surface area contributed by atoms with Crippen LogP contribution in [0.4, 0.5) is 0 Å². The fourth-order valence-corrected chi connectivity index (χ4v) is 2.58. The summed E-state index contributed by atoms with van der Waals surface area (Å²) in [5.41, 5.74) is 2.52. The average molecular weight is 275 g/mol. The minimum absolute atomic E-state index is 0.0931. The van der Waals surface area contributed by atoms with Crippen LogP contribution in [-0.4, -0.2) is 23.5 Å². The van der Waals surface area contributed by atoms with E-state index in [0.29, 0.717) is 18.9 Å². The number of amides is 1. The summed E-state index contributed by atoms with van der Waals surface area (Å²) in [4.78, 5) is 22.3. The summed E-state index contributed by atoms with van der Waals surface area (Å²) in [6, 6.07) is 8.20. The summed E-state index contributed by atoms with van der Waals surface area (Å²) in [5, 5.41) is 11.4. The Morgan fingerprint density at radius 3 is 2.75 bits per heavy atom. The Bertz CT molecular complexity index is 498. The zero-order chi connectivity index (χ0) is 14.5. The molecule has 4 heteroatoms. The molecule has 0 aromatic heterocycles. The standard InChI is InChI=1S/C16H21NO3/c1-11-6-2-3-7-12(11)13-10-14(13)16(20)17-9-5-4-8-15(18)19/h2-3,6-7,13-14H,4-5,8-10H2,1H3,(H,17,20)(H,18,19)/t13-,14+/m0/s1. The first-order chi connectivity index (χ1) is 9.59. The molecular weight excluding hydrogens is 254 g/mol. The summed E-state index contributed by atoms with van der Waals surface area (Å²) < 4.78 is 0. The highest BCUT2D eigenvalue weighted by Gasteiger charge is 2.44. The molecular formula is C16H21NO3. The van der Waals surface area contributed by atoms with Crippen LogP contribution >= 0.6 is 0 Å². The number of carbonyl (C=O) groups is 2. The van der Waals surface area contributed by atoms with E-state index in [2.05, 4.69) is 24.4 Å². The van der Waals surface area contributed by atoms with E-state index in [1.165, 1.54) is 11.1 Å². The molecule has 0 spiro atoms. The van der Waals surface area contributed by atoms with Gasteiger partial charge in [0.25, 0.3) is 0 Å². The maximum absolute atomic E-state index is 12.0. The van der Waals surface area contributed by atoms with E-state index in [0.717, 1.165) is 12.8 Å². The maximum Gasteiger partial charge on any atom is 0.303 e. The van der Waals surface area contributed by atoms with E-state index in [1.807, 2.05) is 12.1 Å². The number of carboxylic acid groups (broad SMARTS) is 1. The number of rotatable bonds is 7. The van der Waals surface area contributed by atoms with Crippen LogP contribution in [0.2, 0.25) is 0 Å². The number of hydrogen-bond acceptors (Lipinski definition) is 2. The SMILES string of the molecule is Cc1ccccc1[C@@H]1C[C@H]1C(=O)NCCCCC(=O)O. The molecule has 2 rings (SSSR count). The van der Waals surface area contributed by atoms with Gasteiger partial charge in [0.1, 0.15) is 0 Å². The van der Waals surface area contributed by atoms with Gasteiger partial charge in [-0.2, -0.15) is 0 Å². The van der Waals surface area contributed by atoms with Gasteiger partial charge in [-0.25, -0.2) is 0 Å². The zero-order valence-electron chi connectivity index (χ0n) is 11.8. The highest BCUT2D eigenvalue weighted by atomic mass is 16.4. The van der Waals surface area contributed by atoms with E-state index in [1.54, 1.807) is 0 Å². The highest BCUT2D eigenvalue weighted by Crippen LogP contribution is 2.48. The van der Waals surface area contributed by atoms with Gasteiger partial charge in [-0.05, 0) is 43.2 Å². The number of unbranched alkanes of at least 4 members (excludes halogenated alkanes) is 1. The van der Waals surface area contributed by atoms with Gasteiger partial charge < -0.3 is 10.4 Å². The molecule has 2 atom stereocenters. The number of benzene rings is 1. The van der Waals surface area contributed by atoms with E-state index < -0.39 is 5.97 Å². The summed E-state index contributed by atoms with van der Waals surface area (Å²) >= 11 is 0. The Hall–Kier alpha value is -1.84. The number of carbonyl (C=O) groups excluding carboxylic acids is 1. The molecule has 1 saturated carbocycles. The molecule has 0 heterocycles. The van der Waals surface area contributed by atoms with Gasteiger partial charge in [0, 0.05) is 18.9 Å². The van der Waals surface area contributed by atoms with Crippen molar-refractivity contribution in [3.63, 3.8) is 0 Å². The van der Waals surface area contributed by atoms with Crippen LogP contribution in [0.3, 0.4) is 0 Å². The molecule has 4 nitrogen and oxygen atoms in total. The average Bonchev–Trinajstić information content (AvgIpc) is 3.18. The smallest absolute Gasteiger partial charge is 0.303 e. The maximum atomic E-state index is 12.0. The Morgan fingerprint density at radius 1 is 1.30 bits per heavy atom. The highest BCUT2D eigenvalue weighted by molar-refractivity contribution is 5.83. The predicted molar refractivity (Wildman–Crippen MR) is 76.5 cm³/mol. The summed E-state index contributed by atoms with van der Waals surface area (Å²) in [5.74, 6) is -0.225. The van der Waals surface area contributed by atoms with Gasteiger partial charge >= 0.3 is 5.97 Å². The van der Waals surface area contributed by atoms with Crippen LogP contribution in [-0.2, 0) is 9.59 Å². The van der Waals surface area contributed by atoms with Crippen molar-refractivity contribution in [2.45, 2.75) is 38.5 Å². The topological polar surface area (TPSA) is 66.4 Å². The monoisotopic (exact) mass is 275 g/mol. The molecule has 1 aliphatic carbocycles. The van der Waals surface area contributed by atoms with E-state index >= 15 is 0 Å². The molecule has 0 unspecified atom stereocenters. The van der Waals surface area contributed by atoms with Gasteiger partial charge in [-0.3, -0.25) is 9.59 Å². The molecule has 1 amide bonds. The first kappa shape index (κ1) is 14.6. The van der Waals surface area contributed by atoms with Crippen LogP contribution in [0, 0.1) is 12.8 Å². The molecule has 20 heavy (non-hydrogen) atoms. The molecule has 1 aromatic carbocycles. The molecule has 2 N–H and O–H groups in total. The first-order valence-corrected chi connectivity index (χ1v) is 7.14. The molecule has 0 saturated heterocycles. The van der Waals surface area contributed by atoms with Crippen molar-refractivity contribution in [1.82, 2.24) is 5.32 Å². The summed E-state index contributed by atoms with van der Waals surface area (Å²) in [7, 11) is 0.